The van der Waals surface area contributed by atoms with E-state index in [0.717, 1.165) is 22.9 Å². The van der Waals surface area contributed by atoms with Crippen LogP contribution >= 0.6 is 0 Å². The molecule has 1 aliphatic heterocycles. The molecule has 4 rings (SSSR count). The highest BCUT2D eigenvalue weighted by Crippen LogP contribution is 2.43. The third-order valence-corrected chi connectivity index (χ3v) is 4.44. The van der Waals surface area contributed by atoms with Gasteiger partial charge in [-0.05, 0) is 30.2 Å². The average Bonchev–Trinajstić information content (AvgIpc) is 3.08. The third-order valence-electron chi connectivity index (χ3n) is 4.44. The first-order chi connectivity index (χ1) is 10.6. The maximum atomic E-state index is 12.5. The number of rotatable bonds is 2. The molecule has 3 N–H and O–H groups in total. The molecule has 2 aromatic carbocycles. The van der Waals surface area contributed by atoms with Gasteiger partial charge >= 0.3 is 0 Å². The standard InChI is InChI=1S/C18H16N2O2/c1-2-11-7-8-16-13(9-11)18(22,17(21)20-16)14-10-19-15-6-4-3-5-12(14)15/h3-10,19,22H,2H2,1H3,(H,20,21)/t18-/m0/s1. The largest absolute Gasteiger partial charge is 0.372 e. The van der Waals surface area contributed by atoms with Crippen LogP contribution in [0.25, 0.3) is 10.9 Å². The van der Waals surface area contributed by atoms with Crippen LogP contribution in [-0.2, 0) is 16.8 Å². The first kappa shape index (κ1) is 13.1. The minimum Gasteiger partial charge on any atom is -0.372 e. The predicted octanol–water partition coefficient (Wildman–Crippen LogP) is 2.92. The lowest BCUT2D eigenvalue weighted by atomic mass is 9.86. The van der Waals surface area contributed by atoms with Crippen molar-refractivity contribution in [1.82, 2.24) is 4.98 Å². The van der Waals surface area contributed by atoms with E-state index in [2.05, 4.69) is 17.2 Å². The van der Waals surface area contributed by atoms with E-state index in [9.17, 15) is 9.90 Å². The van der Waals surface area contributed by atoms with Crippen molar-refractivity contribution in [2.75, 3.05) is 5.32 Å². The van der Waals surface area contributed by atoms with Gasteiger partial charge in [-0.3, -0.25) is 4.79 Å². The second-order valence-corrected chi connectivity index (χ2v) is 5.65. The molecule has 3 aromatic rings. The molecule has 0 fully saturated rings. The molecule has 4 heteroatoms. The fourth-order valence-corrected chi connectivity index (χ4v) is 3.19. The molecule has 0 aliphatic carbocycles. The number of amides is 1. The molecule has 2 heterocycles. The Kier molecular flexibility index (Phi) is 2.65. The van der Waals surface area contributed by atoms with E-state index in [-0.39, 0.29) is 0 Å². The highest BCUT2D eigenvalue weighted by atomic mass is 16.3. The quantitative estimate of drug-likeness (QED) is 0.680. The number of para-hydroxylation sites is 1. The summed E-state index contributed by atoms with van der Waals surface area (Å²) in [6, 6.07) is 13.4. The first-order valence-electron chi connectivity index (χ1n) is 7.38. The van der Waals surface area contributed by atoms with Gasteiger partial charge in [-0.15, -0.1) is 0 Å². The highest BCUT2D eigenvalue weighted by molar-refractivity contribution is 6.09. The molecule has 0 saturated carbocycles. The molecule has 0 radical (unpaired) electrons. The number of aromatic amines is 1. The number of carbonyl (C=O) groups excluding carboxylic acids is 1. The van der Waals surface area contributed by atoms with E-state index in [1.165, 1.54) is 0 Å². The van der Waals surface area contributed by atoms with Gasteiger partial charge in [-0.1, -0.05) is 31.2 Å². The van der Waals surface area contributed by atoms with Crippen LogP contribution in [0.15, 0.2) is 48.7 Å². The topological polar surface area (TPSA) is 65.1 Å². The lowest BCUT2D eigenvalue weighted by Crippen LogP contribution is -2.35. The monoisotopic (exact) mass is 292 g/mol. The number of hydrogen-bond donors (Lipinski definition) is 3. The Labute approximate surface area is 127 Å². The zero-order chi connectivity index (χ0) is 15.3. The van der Waals surface area contributed by atoms with Crippen LogP contribution in [0, 0.1) is 0 Å². The molecule has 0 unspecified atom stereocenters. The van der Waals surface area contributed by atoms with E-state index >= 15 is 0 Å². The normalized spacial score (nSPS) is 20.2. The second kappa shape index (κ2) is 4.45. The summed E-state index contributed by atoms with van der Waals surface area (Å²) < 4.78 is 0. The Balaban J connectivity index is 2.00. The number of benzene rings is 2. The third kappa shape index (κ3) is 1.58. The van der Waals surface area contributed by atoms with Crippen LogP contribution in [-0.4, -0.2) is 16.0 Å². The molecule has 1 aromatic heterocycles. The van der Waals surface area contributed by atoms with Gasteiger partial charge in [0.15, 0.2) is 5.60 Å². The second-order valence-electron chi connectivity index (χ2n) is 5.65. The van der Waals surface area contributed by atoms with Crippen LogP contribution in [0.5, 0.6) is 0 Å². The van der Waals surface area contributed by atoms with Gasteiger partial charge in [-0.2, -0.15) is 0 Å². The van der Waals surface area contributed by atoms with E-state index < -0.39 is 11.5 Å². The zero-order valence-corrected chi connectivity index (χ0v) is 12.2. The van der Waals surface area contributed by atoms with E-state index in [1.807, 2.05) is 42.5 Å². The van der Waals surface area contributed by atoms with Gasteiger partial charge in [-0.25, -0.2) is 0 Å². The summed E-state index contributed by atoms with van der Waals surface area (Å²) in [4.78, 5) is 15.6. The Bertz CT molecular complexity index is 897. The van der Waals surface area contributed by atoms with Gasteiger partial charge < -0.3 is 15.4 Å². The van der Waals surface area contributed by atoms with E-state index in [1.54, 1.807) is 6.20 Å². The summed E-state index contributed by atoms with van der Waals surface area (Å²) in [5.41, 5.74) is 2.23. The SMILES string of the molecule is CCc1ccc2c(c1)[C@](O)(c1c[nH]c3ccccc13)C(=O)N2. The highest BCUT2D eigenvalue weighted by Gasteiger charge is 2.48. The number of nitrogens with one attached hydrogen (secondary N) is 2. The molecule has 0 spiro atoms. The maximum Gasteiger partial charge on any atom is 0.265 e. The Morgan fingerprint density at radius 3 is 2.77 bits per heavy atom. The zero-order valence-electron chi connectivity index (χ0n) is 12.2. The van der Waals surface area contributed by atoms with Gasteiger partial charge in [0.2, 0.25) is 0 Å². The van der Waals surface area contributed by atoms with Crippen molar-refractivity contribution in [3.8, 4) is 0 Å². The average molecular weight is 292 g/mol. The van der Waals surface area contributed by atoms with Crippen molar-refractivity contribution >= 4 is 22.5 Å². The van der Waals surface area contributed by atoms with Crippen LogP contribution in [0.4, 0.5) is 5.69 Å². The van der Waals surface area contributed by atoms with Gasteiger partial charge in [0, 0.05) is 33.9 Å². The fourth-order valence-electron chi connectivity index (χ4n) is 3.19. The number of carbonyl (C=O) groups is 1. The van der Waals surface area contributed by atoms with Crippen molar-refractivity contribution < 1.29 is 9.90 Å². The van der Waals surface area contributed by atoms with Crippen LogP contribution in [0.1, 0.15) is 23.6 Å². The molecular formula is C18H16N2O2. The Morgan fingerprint density at radius 2 is 1.95 bits per heavy atom. The Hall–Kier alpha value is -2.59. The number of aromatic nitrogens is 1. The van der Waals surface area contributed by atoms with Crippen LogP contribution < -0.4 is 5.32 Å². The molecular weight excluding hydrogens is 276 g/mol. The number of aryl methyl sites for hydroxylation is 1. The summed E-state index contributed by atoms with van der Waals surface area (Å²) in [7, 11) is 0. The number of aliphatic hydroxyl groups is 1. The number of H-pyrrole nitrogens is 1. The van der Waals surface area contributed by atoms with Gasteiger partial charge in [0.25, 0.3) is 5.91 Å². The summed E-state index contributed by atoms with van der Waals surface area (Å²) in [6.07, 6.45) is 2.57. The number of anilines is 1. The summed E-state index contributed by atoms with van der Waals surface area (Å²) in [5.74, 6) is -0.402. The fraction of sp³-hybridized carbons (Fsp3) is 0.167. The molecule has 1 amide bonds. The lowest BCUT2D eigenvalue weighted by molar-refractivity contribution is -0.129. The molecule has 110 valence electrons. The Morgan fingerprint density at radius 1 is 1.14 bits per heavy atom. The lowest BCUT2D eigenvalue weighted by Gasteiger charge is -2.21. The van der Waals surface area contributed by atoms with Crippen LogP contribution in [0.2, 0.25) is 0 Å². The minimum absolute atomic E-state index is 0.402. The molecule has 22 heavy (non-hydrogen) atoms. The number of hydrogen-bond acceptors (Lipinski definition) is 2. The maximum absolute atomic E-state index is 12.5. The van der Waals surface area contributed by atoms with Gasteiger partial charge in [0.1, 0.15) is 0 Å². The predicted molar refractivity (Wildman–Crippen MR) is 85.7 cm³/mol. The van der Waals surface area contributed by atoms with E-state index in [0.29, 0.717) is 16.8 Å². The molecule has 1 aliphatic rings. The van der Waals surface area contributed by atoms with E-state index in [4.69, 9.17) is 0 Å². The van der Waals surface area contributed by atoms with Crippen molar-refractivity contribution in [1.29, 1.82) is 0 Å². The van der Waals surface area contributed by atoms with Gasteiger partial charge in [0.05, 0.1) is 0 Å². The summed E-state index contributed by atoms with van der Waals surface area (Å²) in [5, 5.41) is 14.9. The molecule has 4 nitrogen and oxygen atoms in total. The van der Waals surface area contributed by atoms with Crippen molar-refractivity contribution in [2.24, 2.45) is 0 Å². The minimum atomic E-state index is -1.65. The first-order valence-corrected chi connectivity index (χ1v) is 7.38. The van der Waals surface area contributed by atoms with Crippen molar-refractivity contribution in [2.45, 2.75) is 18.9 Å². The van der Waals surface area contributed by atoms with Crippen molar-refractivity contribution in [3.05, 3.63) is 65.4 Å². The summed E-state index contributed by atoms with van der Waals surface area (Å²) in [6.45, 7) is 2.05. The van der Waals surface area contributed by atoms with Crippen molar-refractivity contribution in [3.63, 3.8) is 0 Å². The summed E-state index contributed by atoms with van der Waals surface area (Å²) >= 11 is 0. The number of fused-ring (bicyclic) bond motifs is 2. The molecule has 0 saturated heterocycles. The van der Waals surface area contributed by atoms with Crippen LogP contribution in [0.3, 0.4) is 0 Å². The smallest absolute Gasteiger partial charge is 0.265 e. The molecule has 1 atom stereocenters. The molecule has 0 bridgehead atoms.